The Morgan fingerprint density at radius 2 is 1.74 bits per heavy atom. The van der Waals surface area contributed by atoms with Crippen LogP contribution in [0.2, 0.25) is 0 Å². The molecule has 1 aromatic carbocycles. The number of carbonyl (C=O) groups excluding carboxylic acids is 1. The molecule has 1 aliphatic rings. The summed E-state index contributed by atoms with van der Waals surface area (Å²) < 4.78 is 38.6. The summed E-state index contributed by atoms with van der Waals surface area (Å²) >= 11 is 0. The van der Waals surface area contributed by atoms with E-state index in [-0.39, 0.29) is 30.1 Å². The van der Waals surface area contributed by atoms with Crippen LogP contribution in [0, 0.1) is 6.92 Å². The first-order valence-electron chi connectivity index (χ1n) is 10.0. The summed E-state index contributed by atoms with van der Waals surface area (Å²) in [7, 11) is 3.98. The van der Waals surface area contributed by atoms with E-state index < -0.39 is 17.6 Å². The van der Waals surface area contributed by atoms with Crippen molar-refractivity contribution in [2.24, 2.45) is 0 Å². The zero-order valence-electron chi connectivity index (χ0n) is 17.8. The van der Waals surface area contributed by atoms with Gasteiger partial charge in [0.15, 0.2) is 0 Å². The molecule has 31 heavy (non-hydrogen) atoms. The number of aryl methyl sites for hydroxylation is 1. The van der Waals surface area contributed by atoms with Gasteiger partial charge in [-0.2, -0.15) is 13.2 Å². The van der Waals surface area contributed by atoms with Crippen LogP contribution in [-0.4, -0.2) is 37.1 Å². The molecule has 0 radical (unpaired) electrons. The van der Waals surface area contributed by atoms with Gasteiger partial charge in [0, 0.05) is 49.7 Å². The van der Waals surface area contributed by atoms with Crippen molar-refractivity contribution in [2.45, 2.75) is 50.9 Å². The Kier molecular flexibility index (Phi) is 8.17. The lowest BCUT2D eigenvalue weighted by atomic mass is 9.91. The fourth-order valence-electron chi connectivity index (χ4n) is 3.77. The lowest BCUT2D eigenvalue weighted by Gasteiger charge is -2.30. The molecule has 2 aromatic rings. The molecule has 9 heteroatoms. The van der Waals surface area contributed by atoms with Gasteiger partial charge in [0.2, 0.25) is 0 Å². The molecule has 1 amide bonds. The standard InChI is InChI=1S/C22H27F3N4O.ClH/c1-14-13-26-20(12-19(14)29(2)3)27-17-7-9-18(10-8-17)28-21(30)15-5-4-6-16(11-15)22(23,24)25;/h4-6,11-13,17-18H,7-10H2,1-3H3,(H,26,27)(H,28,30);1H. The minimum Gasteiger partial charge on any atom is -0.377 e. The quantitative estimate of drug-likeness (QED) is 0.661. The first-order chi connectivity index (χ1) is 14.1. The molecule has 0 saturated heterocycles. The Hall–Kier alpha value is -2.48. The second kappa shape index (κ2) is 10.2. The molecule has 1 fully saturated rings. The molecule has 0 atom stereocenters. The van der Waals surface area contributed by atoms with Gasteiger partial charge in [0.25, 0.3) is 5.91 Å². The monoisotopic (exact) mass is 456 g/mol. The van der Waals surface area contributed by atoms with Crippen molar-refractivity contribution in [3.05, 3.63) is 53.2 Å². The largest absolute Gasteiger partial charge is 0.416 e. The molecule has 1 heterocycles. The van der Waals surface area contributed by atoms with E-state index >= 15 is 0 Å². The maximum absolute atomic E-state index is 12.9. The molecule has 5 nitrogen and oxygen atoms in total. The molecule has 1 aromatic heterocycles. The third kappa shape index (κ3) is 6.50. The molecule has 0 unspecified atom stereocenters. The molecule has 3 rings (SSSR count). The summed E-state index contributed by atoms with van der Waals surface area (Å²) in [6.45, 7) is 2.02. The van der Waals surface area contributed by atoms with Gasteiger partial charge in [-0.15, -0.1) is 12.4 Å². The van der Waals surface area contributed by atoms with Crippen molar-refractivity contribution in [1.82, 2.24) is 10.3 Å². The van der Waals surface area contributed by atoms with Crippen molar-refractivity contribution >= 4 is 29.8 Å². The number of amides is 1. The van der Waals surface area contributed by atoms with Gasteiger partial charge in [-0.3, -0.25) is 4.79 Å². The number of carbonyl (C=O) groups is 1. The number of alkyl halides is 3. The summed E-state index contributed by atoms with van der Waals surface area (Å²) in [5.74, 6) is 0.356. The second-order valence-electron chi connectivity index (χ2n) is 8.00. The minimum atomic E-state index is -4.46. The second-order valence-corrected chi connectivity index (χ2v) is 8.00. The fourth-order valence-corrected chi connectivity index (χ4v) is 3.77. The normalized spacial score (nSPS) is 18.6. The van der Waals surface area contributed by atoms with E-state index in [1.54, 1.807) is 0 Å². The summed E-state index contributed by atoms with van der Waals surface area (Å²) in [6.07, 6.45) is 0.597. The number of aromatic nitrogens is 1. The van der Waals surface area contributed by atoms with Crippen LogP contribution in [0.1, 0.15) is 47.2 Å². The van der Waals surface area contributed by atoms with Crippen LogP contribution in [0.4, 0.5) is 24.7 Å². The van der Waals surface area contributed by atoms with Gasteiger partial charge in [-0.05, 0) is 56.4 Å². The highest BCUT2D eigenvalue weighted by molar-refractivity contribution is 5.94. The molecule has 170 valence electrons. The van der Waals surface area contributed by atoms with Crippen LogP contribution < -0.4 is 15.5 Å². The van der Waals surface area contributed by atoms with Gasteiger partial charge in [0.1, 0.15) is 5.82 Å². The van der Waals surface area contributed by atoms with Crippen LogP contribution in [0.25, 0.3) is 0 Å². The Balaban J connectivity index is 0.00000341. The first kappa shape index (κ1) is 24.8. The van der Waals surface area contributed by atoms with E-state index in [1.165, 1.54) is 12.1 Å². The molecule has 0 aliphatic heterocycles. The van der Waals surface area contributed by atoms with Gasteiger partial charge < -0.3 is 15.5 Å². The van der Waals surface area contributed by atoms with Crippen molar-refractivity contribution < 1.29 is 18.0 Å². The molecular weight excluding hydrogens is 429 g/mol. The van der Waals surface area contributed by atoms with E-state index in [9.17, 15) is 18.0 Å². The number of benzene rings is 1. The average molecular weight is 457 g/mol. The molecule has 1 saturated carbocycles. The third-order valence-corrected chi connectivity index (χ3v) is 5.42. The van der Waals surface area contributed by atoms with Gasteiger partial charge in [0.05, 0.1) is 5.56 Å². The summed E-state index contributed by atoms with van der Waals surface area (Å²) in [5.41, 5.74) is 1.43. The predicted molar refractivity (Wildman–Crippen MR) is 119 cm³/mol. The number of rotatable bonds is 5. The highest BCUT2D eigenvalue weighted by atomic mass is 35.5. The van der Waals surface area contributed by atoms with Crippen molar-refractivity contribution in [3.8, 4) is 0 Å². The number of pyridine rings is 1. The fraction of sp³-hybridized carbons (Fsp3) is 0.455. The maximum Gasteiger partial charge on any atom is 0.416 e. The van der Waals surface area contributed by atoms with E-state index in [0.29, 0.717) is 0 Å². The SMILES string of the molecule is Cc1cnc(NC2CCC(NC(=O)c3cccc(C(F)(F)F)c3)CC2)cc1N(C)C.Cl. The summed E-state index contributed by atoms with van der Waals surface area (Å²) in [4.78, 5) is 18.9. The van der Waals surface area contributed by atoms with Gasteiger partial charge >= 0.3 is 6.18 Å². The molecule has 0 bridgehead atoms. The number of halogens is 4. The van der Waals surface area contributed by atoms with Crippen LogP contribution in [0.5, 0.6) is 0 Å². The first-order valence-corrected chi connectivity index (χ1v) is 10.0. The predicted octanol–water partition coefficient (Wildman–Crippen LogP) is 5.05. The highest BCUT2D eigenvalue weighted by Gasteiger charge is 2.31. The maximum atomic E-state index is 12.9. The Morgan fingerprint density at radius 3 is 2.35 bits per heavy atom. The van der Waals surface area contributed by atoms with Crippen molar-refractivity contribution in [3.63, 3.8) is 0 Å². The molecule has 2 N–H and O–H groups in total. The number of anilines is 2. The van der Waals surface area contributed by atoms with Crippen LogP contribution in [-0.2, 0) is 6.18 Å². The van der Waals surface area contributed by atoms with Gasteiger partial charge in [-0.25, -0.2) is 4.98 Å². The number of nitrogens with one attached hydrogen (secondary N) is 2. The summed E-state index contributed by atoms with van der Waals surface area (Å²) in [6, 6.07) is 6.75. The smallest absolute Gasteiger partial charge is 0.377 e. The topological polar surface area (TPSA) is 57.3 Å². The van der Waals surface area contributed by atoms with Crippen LogP contribution >= 0.6 is 12.4 Å². The Bertz CT molecular complexity index is 897. The van der Waals surface area contributed by atoms with E-state index in [2.05, 4.69) is 15.6 Å². The average Bonchev–Trinajstić information content (AvgIpc) is 2.70. The number of hydrogen-bond acceptors (Lipinski definition) is 4. The zero-order chi connectivity index (χ0) is 21.9. The van der Waals surface area contributed by atoms with Crippen molar-refractivity contribution in [1.29, 1.82) is 0 Å². The minimum absolute atomic E-state index is 0. The highest BCUT2D eigenvalue weighted by Crippen LogP contribution is 2.30. The molecule has 1 aliphatic carbocycles. The molecule has 0 spiro atoms. The third-order valence-electron chi connectivity index (χ3n) is 5.42. The lowest BCUT2D eigenvalue weighted by Crippen LogP contribution is -2.40. The van der Waals surface area contributed by atoms with E-state index in [1.807, 2.05) is 38.2 Å². The van der Waals surface area contributed by atoms with Crippen molar-refractivity contribution in [2.75, 3.05) is 24.3 Å². The zero-order valence-corrected chi connectivity index (χ0v) is 18.6. The Labute approximate surface area is 186 Å². The van der Waals surface area contributed by atoms with Crippen LogP contribution in [0.15, 0.2) is 36.5 Å². The summed E-state index contributed by atoms with van der Waals surface area (Å²) in [5, 5.41) is 6.33. The molecular formula is C22H28ClF3N4O. The van der Waals surface area contributed by atoms with Crippen LogP contribution in [0.3, 0.4) is 0 Å². The number of hydrogen-bond donors (Lipinski definition) is 2. The van der Waals surface area contributed by atoms with Gasteiger partial charge in [-0.1, -0.05) is 6.07 Å². The van der Waals surface area contributed by atoms with E-state index in [0.717, 1.165) is 54.9 Å². The number of nitrogens with zero attached hydrogens (tertiary/aromatic N) is 2. The van der Waals surface area contributed by atoms with E-state index in [4.69, 9.17) is 0 Å². The Morgan fingerprint density at radius 1 is 1.10 bits per heavy atom. The lowest BCUT2D eigenvalue weighted by molar-refractivity contribution is -0.137.